The number of carboxylic acids is 1. The summed E-state index contributed by atoms with van der Waals surface area (Å²) in [7, 11) is 1.78. The second-order valence-corrected chi connectivity index (χ2v) is 32.7. The van der Waals surface area contributed by atoms with E-state index in [-0.39, 0.29) is 242 Å². The van der Waals surface area contributed by atoms with Gasteiger partial charge in [0.05, 0.1) is 48.4 Å². The minimum atomic E-state index is -2.18. The van der Waals surface area contributed by atoms with Gasteiger partial charge in [-0.15, -0.1) is 22.7 Å². The first kappa shape index (κ1) is 94.4. The van der Waals surface area contributed by atoms with Crippen LogP contribution in [0.5, 0.6) is 5.88 Å². The van der Waals surface area contributed by atoms with E-state index in [4.69, 9.17) is 43.1 Å². The molecule has 4 bridgehead atoms. The van der Waals surface area contributed by atoms with Crippen LogP contribution in [0.4, 0.5) is 0 Å². The molecule has 9 N–H and O–H groups in total. The molecule has 4 radical (unpaired) electrons. The van der Waals surface area contributed by atoms with Gasteiger partial charge in [0.2, 0.25) is 0 Å². The molecule has 6 aliphatic carbocycles. The van der Waals surface area contributed by atoms with Gasteiger partial charge in [-0.3, -0.25) is 9.59 Å². The zero-order valence-electron chi connectivity index (χ0n) is 62.7. The van der Waals surface area contributed by atoms with Crippen molar-refractivity contribution >= 4 is 64.1 Å². The Hall–Kier alpha value is -1.71. The first-order valence-electron chi connectivity index (χ1n) is 35.0. The van der Waals surface area contributed by atoms with Gasteiger partial charge in [0, 0.05) is 248 Å². The normalized spacial score (nSPS) is 34.5. The smallest absolute Gasteiger partial charge is 0.367 e. The number of carbonyl (C=O) groups is 7. The molecule has 16 unspecified atom stereocenters. The molecule has 5 heterocycles. The number of pyridine rings is 1. The van der Waals surface area contributed by atoms with Crippen molar-refractivity contribution in [2.75, 3.05) is 13.2 Å². The van der Waals surface area contributed by atoms with Gasteiger partial charge in [-0.05, 0) is 97.0 Å². The maximum Gasteiger partial charge on any atom is 0.367 e. The van der Waals surface area contributed by atoms with E-state index in [1.165, 1.54) is 13.0 Å². The second kappa shape index (κ2) is 36.2. The molecule has 25 nitrogen and oxygen atoms in total. The van der Waals surface area contributed by atoms with Gasteiger partial charge in [-0.25, -0.2) is 19.2 Å². The van der Waals surface area contributed by atoms with Crippen molar-refractivity contribution in [2.24, 2.45) is 40.5 Å². The van der Waals surface area contributed by atoms with Gasteiger partial charge < -0.3 is 89.0 Å². The van der Waals surface area contributed by atoms with Gasteiger partial charge in [0.1, 0.15) is 81.9 Å². The van der Waals surface area contributed by atoms with Gasteiger partial charge in [-0.2, -0.15) is 4.57 Å². The number of aliphatic hydroxyl groups excluding tert-OH is 5. The SMILES string of the molecule is CC(=O)[O-].CC1=C2C(O)C(=O)[C@]3(C)C(O)CC4OC[C@@]4(O)C3C(OC(=O)c3cccs3)C(O)(CC1OC(=O)C(O)[C@@H](C)c1ccccc1)C2(C)C.CC1=C2C(O)C(=O)[C@]3(C)C(Oc4cccc[n+]4C)CC4OC[C@@]4(O)C3C(OC(=O)c3cccs3)C(O)(CC1OC(=O)C(O)[C@@H](C)c1ccccc1)C2(C)C.[Ac].[Ac].[Ac].[Ac]. The summed E-state index contributed by atoms with van der Waals surface area (Å²) in [6, 6.07) is 29.6. The number of nitrogens with zero attached hydrogens (tertiary/aromatic N) is 1. The predicted octanol–water partition coefficient (Wildman–Crippen LogP) is 4.24. The molecule has 4 saturated carbocycles. The molecule has 578 valence electrons. The number of benzene rings is 2. The number of aryl methyl sites for hydroxylation is 1. The van der Waals surface area contributed by atoms with Crippen LogP contribution in [0.15, 0.2) is 142 Å². The molecule has 31 heteroatoms. The number of carboxylic acid groups (broad SMARTS) is 1. The number of rotatable bonds is 14. The quantitative estimate of drug-likeness (QED) is 0.0325. The predicted molar refractivity (Wildman–Crippen MR) is 373 cm³/mol. The van der Waals surface area contributed by atoms with Crippen LogP contribution in [0.3, 0.4) is 0 Å². The Morgan fingerprint density at radius 3 is 1.30 bits per heavy atom. The van der Waals surface area contributed by atoms with Crippen LogP contribution in [-0.4, -0.2) is 196 Å². The molecule has 2 aliphatic heterocycles. The summed E-state index contributed by atoms with van der Waals surface area (Å²) in [6.45, 7) is 16.5. The number of hydrogen-bond acceptors (Lipinski definition) is 26. The fourth-order valence-corrected chi connectivity index (χ4v) is 19.2. The number of aliphatic carboxylic acids is 1. The van der Waals surface area contributed by atoms with Crippen LogP contribution in [0.2, 0.25) is 0 Å². The van der Waals surface area contributed by atoms with Crippen LogP contribution in [-0.2, 0) is 59.4 Å². The monoisotopic (exact) mass is 2400 g/mol. The molecule has 22 atom stereocenters. The van der Waals surface area contributed by atoms with Crippen LogP contribution in [0, 0.1) is 210 Å². The van der Waals surface area contributed by atoms with Crippen LogP contribution >= 0.6 is 22.7 Å². The molecule has 2 saturated heterocycles. The average molecular weight is 2400 g/mol. The third kappa shape index (κ3) is 16.7. The number of aliphatic hydroxyl groups is 9. The molecule has 109 heavy (non-hydrogen) atoms. The van der Waals surface area contributed by atoms with E-state index in [1.54, 1.807) is 170 Å². The maximum absolute atomic E-state index is 15.2. The summed E-state index contributed by atoms with van der Waals surface area (Å²) in [4.78, 5) is 93.9. The van der Waals surface area contributed by atoms with E-state index in [1.807, 2.05) is 18.2 Å². The topological polar surface area (TPSA) is 393 Å². The number of Topliss-reactive ketones (excluding diaryl/α,β-unsaturated/α-hetero) is 2. The summed E-state index contributed by atoms with van der Waals surface area (Å²) in [5.41, 5.74) is -12.5. The van der Waals surface area contributed by atoms with E-state index >= 15 is 4.79 Å². The summed E-state index contributed by atoms with van der Waals surface area (Å²) in [6.07, 6.45) is -16.0. The van der Waals surface area contributed by atoms with Crippen molar-refractivity contribution in [3.05, 3.63) is 163 Å². The molecular weight excluding hydrogens is 2310 g/mol. The summed E-state index contributed by atoms with van der Waals surface area (Å²) in [5.74, 6) is -9.93. The van der Waals surface area contributed by atoms with E-state index < -0.39 is 182 Å². The van der Waals surface area contributed by atoms with Crippen molar-refractivity contribution in [3.63, 3.8) is 0 Å². The maximum atomic E-state index is 15.2. The summed E-state index contributed by atoms with van der Waals surface area (Å²) >= 11 is 2.23. The van der Waals surface area contributed by atoms with Gasteiger partial charge >= 0.3 is 29.8 Å². The van der Waals surface area contributed by atoms with Crippen molar-refractivity contribution in [3.8, 4) is 5.88 Å². The van der Waals surface area contributed by atoms with Gasteiger partial charge in [0.15, 0.2) is 30.0 Å². The Kier molecular flexibility index (Phi) is 31.4. The largest absolute Gasteiger partial charge is 0.550 e. The van der Waals surface area contributed by atoms with Crippen molar-refractivity contribution in [1.82, 2.24) is 0 Å². The molecule has 0 amide bonds. The summed E-state index contributed by atoms with van der Waals surface area (Å²) < 4.78 is 44.3. The molecular formula is C78H93Ac4NO24S2. The molecule has 8 aliphatic rings. The molecule has 13 rings (SSSR count). The Balaban J connectivity index is 0.000000281. The molecule has 6 fully saturated rings. The number of ether oxygens (including phenoxy) is 7. The van der Waals surface area contributed by atoms with Crippen LogP contribution in [0.25, 0.3) is 0 Å². The molecule has 3 aromatic heterocycles. The number of aromatic nitrogens is 1. The molecule has 2 aromatic carbocycles. The molecule has 5 aromatic rings. The fraction of sp³-hybridized carbons (Fsp3) is 0.538. The van der Waals surface area contributed by atoms with Gasteiger partial charge in [-0.1, -0.05) is 114 Å². The Morgan fingerprint density at radius 1 is 0.560 bits per heavy atom. The van der Waals surface area contributed by atoms with Crippen LogP contribution in [0.1, 0.15) is 144 Å². The molecule has 0 spiro atoms. The average Bonchev–Trinajstić information content (AvgIpc) is 0.804. The van der Waals surface area contributed by atoms with Crippen LogP contribution < -0.4 is 14.4 Å². The van der Waals surface area contributed by atoms with E-state index in [0.29, 0.717) is 22.6 Å². The number of thiophene rings is 2. The standard InChI is InChI=1S/C41H48NO11S.C35H42O11S.C2H4O2.4Ac/c1-22(24-13-8-7-9-14-24)31(43)37(47)51-25-20-41(49)35(53-36(46)26-15-12-18-54-26)33-39(5,34(45)32(44)30(23(25)2)38(41,3)4)27(19-28-40(33,48)21-50-28)52-29-16-10-11-17-42(29)6;1-17(19-10-7-6-8-11-19)25(37)31(41)45-20-15-35(43)29(46-30(40)21-12-9-13-47-21)27-33(5,22(36)14-23-34(27,42)16-44-23)28(39)26(38)24(18(20)2)32(35,3)4;1-2(3)4;;;;/h7-18,22,25,27-28,31-33,35,43-44,48-49H,19-21H2,1-6H3;6-13,17,20,22-23,25-27,29,36-38,42-43H,14-16H2,1-5H3;1H3,(H,3,4);;;;/q+1;;;;;;/p-1/t22-,25?,27?,28?,31?,32?,33?,35?,39+,40-,41?;17-,20?,22?,23?,25?,26?,27?,29?,33+,34-,35?;;;;;/m00...../s1. The van der Waals surface area contributed by atoms with Crippen molar-refractivity contribution < 1.29 is 299 Å². The van der Waals surface area contributed by atoms with E-state index in [2.05, 4.69) is 0 Å². The minimum absolute atomic E-state index is 0. The Morgan fingerprint density at radius 2 is 0.936 bits per heavy atom. The van der Waals surface area contributed by atoms with E-state index in [9.17, 15) is 69.9 Å². The first-order chi connectivity index (χ1) is 49.2. The van der Waals surface area contributed by atoms with Gasteiger partial charge in [0.25, 0.3) is 0 Å². The first-order valence-corrected chi connectivity index (χ1v) is 36.8. The second-order valence-electron chi connectivity index (χ2n) is 30.8. The zero-order valence-corrected chi connectivity index (χ0v) is 83.4. The third-order valence-corrected chi connectivity index (χ3v) is 26.2. The fourth-order valence-electron chi connectivity index (χ4n) is 18.0. The van der Waals surface area contributed by atoms with E-state index in [0.717, 1.165) is 29.6 Å². The van der Waals surface area contributed by atoms with Crippen molar-refractivity contribution in [2.45, 2.75) is 209 Å². The minimum Gasteiger partial charge on any atom is -0.550 e. The Labute approximate surface area is 783 Å². The number of hydrogen-bond donors (Lipinski definition) is 9. The number of ketones is 2. The van der Waals surface area contributed by atoms with Crippen molar-refractivity contribution in [1.29, 1.82) is 0 Å². The Bertz CT molecular complexity index is 4200. The number of carbonyl (C=O) groups excluding carboxylic acids is 7. The third-order valence-electron chi connectivity index (χ3n) is 24.5. The zero-order chi connectivity index (χ0) is 76.8. The number of fused-ring (bicyclic) bond motifs is 10. The summed E-state index contributed by atoms with van der Waals surface area (Å²) in [5, 5.41) is 121. The number of esters is 4.